The number of carbonyl (C=O) groups is 1. The lowest BCUT2D eigenvalue weighted by Gasteiger charge is -2.16. The number of amides is 1. The van der Waals surface area contributed by atoms with Crippen molar-refractivity contribution in [3.8, 4) is 5.75 Å². The van der Waals surface area contributed by atoms with Gasteiger partial charge in [0.2, 0.25) is 0 Å². The van der Waals surface area contributed by atoms with Crippen LogP contribution in [0.25, 0.3) is 0 Å². The molecule has 1 atom stereocenters. The Balaban J connectivity index is 2.38. The molecule has 1 aromatic carbocycles. The third kappa shape index (κ3) is 6.63. The van der Waals surface area contributed by atoms with Crippen molar-refractivity contribution < 1.29 is 14.6 Å². The molecule has 0 aromatic heterocycles. The maximum Gasteiger partial charge on any atom is 0.257 e. The SMILES string of the molecule is CCCC(CCO)CNC(=O)COc1cc(C)ccc1C. The van der Waals surface area contributed by atoms with Gasteiger partial charge in [0.25, 0.3) is 5.91 Å². The first-order valence-corrected chi connectivity index (χ1v) is 7.64. The number of hydrogen-bond donors (Lipinski definition) is 2. The highest BCUT2D eigenvalue weighted by atomic mass is 16.5. The van der Waals surface area contributed by atoms with Gasteiger partial charge in [-0.1, -0.05) is 25.5 Å². The summed E-state index contributed by atoms with van der Waals surface area (Å²) in [6.45, 7) is 6.86. The fourth-order valence-electron chi connectivity index (χ4n) is 2.25. The van der Waals surface area contributed by atoms with Gasteiger partial charge in [-0.2, -0.15) is 0 Å². The summed E-state index contributed by atoms with van der Waals surface area (Å²) < 4.78 is 5.57. The normalized spacial score (nSPS) is 12.0. The van der Waals surface area contributed by atoms with Crippen LogP contribution in [-0.2, 0) is 4.79 Å². The van der Waals surface area contributed by atoms with Crippen LogP contribution in [0.5, 0.6) is 5.75 Å². The lowest BCUT2D eigenvalue weighted by atomic mass is 10.0. The molecule has 0 aliphatic rings. The standard InChI is InChI=1S/C17H27NO3/c1-4-5-15(8-9-19)11-18-17(20)12-21-16-10-13(2)6-7-14(16)3/h6-7,10,15,19H,4-5,8-9,11-12H2,1-3H3,(H,18,20). The fourth-order valence-corrected chi connectivity index (χ4v) is 2.25. The number of ether oxygens (including phenoxy) is 1. The van der Waals surface area contributed by atoms with Gasteiger partial charge in [0.05, 0.1) is 0 Å². The van der Waals surface area contributed by atoms with Crippen LogP contribution in [0.2, 0.25) is 0 Å². The number of nitrogens with one attached hydrogen (secondary N) is 1. The third-order valence-electron chi connectivity index (χ3n) is 3.52. The Kier molecular flexibility index (Phi) is 7.83. The molecule has 0 bridgehead atoms. The Morgan fingerprint density at radius 2 is 2.10 bits per heavy atom. The average Bonchev–Trinajstić information content (AvgIpc) is 2.46. The number of carbonyl (C=O) groups excluding carboxylic acids is 1. The van der Waals surface area contributed by atoms with Gasteiger partial charge in [0.1, 0.15) is 5.75 Å². The molecule has 0 aliphatic heterocycles. The third-order valence-corrected chi connectivity index (χ3v) is 3.52. The highest BCUT2D eigenvalue weighted by molar-refractivity contribution is 5.77. The number of aliphatic hydroxyl groups is 1. The Morgan fingerprint density at radius 1 is 1.33 bits per heavy atom. The Labute approximate surface area is 127 Å². The summed E-state index contributed by atoms with van der Waals surface area (Å²) in [5.74, 6) is 0.977. The van der Waals surface area contributed by atoms with Crippen molar-refractivity contribution in [1.29, 1.82) is 0 Å². The lowest BCUT2D eigenvalue weighted by molar-refractivity contribution is -0.123. The molecule has 0 aliphatic carbocycles. The zero-order valence-electron chi connectivity index (χ0n) is 13.3. The minimum absolute atomic E-state index is 0.0300. The van der Waals surface area contributed by atoms with E-state index in [0.29, 0.717) is 12.5 Å². The van der Waals surface area contributed by atoms with Gasteiger partial charge in [-0.05, 0) is 49.8 Å². The molecule has 4 heteroatoms. The van der Waals surface area contributed by atoms with E-state index in [9.17, 15) is 4.79 Å². The Morgan fingerprint density at radius 3 is 2.76 bits per heavy atom. The number of benzene rings is 1. The second-order valence-corrected chi connectivity index (χ2v) is 5.53. The first kappa shape index (κ1) is 17.5. The van der Waals surface area contributed by atoms with Gasteiger partial charge in [-0.3, -0.25) is 4.79 Å². The van der Waals surface area contributed by atoms with E-state index in [1.165, 1.54) is 0 Å². The summed E-state index contributed by atoms with van der Waals surface area (Å²) in [6, 6.07) is 5.95. The second-order valence-electron chi connectivity index (χ2n) is 5.53. The van der Waals surface area contributed by atoms with Crippen molar-refractivity contribution in [1.82, 2.24) is 5.32 Å². The molecule has 1 rings (SSSR count). The van der Waals surface area contributed by atoms with E-state index < -0.39 is 0 Å². The lowest BCUT2D eigenvalue weighted by Crippen LogP contribution is -2.33. The maximum atomic E-state index is 11.8. The van der Waals surface area contributed by atoms with Crippen molar-refractivity contribution in [2.45, 2.75) is 40.0 Å². The summed E-state index contributed by atoms with van der Waals surface area (Å²) in [5, 5.41) is 11.9. The van der Waals surface area contributed by atoms with E-state index in [4.69, 9.17) is 9.84 Å². The molecular weight excluding hydrogens is 266 g/mol. The molecule has 21 heavy (non-hydrogen) atoms. The van der Waals surface area contributed by atoms with Gasteiger partial charge in [-0.25, -0.2) is 0 Å². The summed E-state index contributed by atoms with van der Waals surface area (Å²) in [5.41, 5.74) is 2.14. The highest BCUT2D eigenvalue weighted by Gasteiger charge is 2.10. The molecule has 4 nitrogen and oxygen atoms in total. The molecule has 0 saturated heterocycles. The van der Waals surface area contributed by atoms with Crippen molar-refractivity contribution in [3.63, 3.8) is 0 Å². The van der Waals surface area contributed by atoms with E-state index in [1.807, 2.05) is 32.0 Å². The zero-order valence-corrected chi connectivity index (χ0v) is 13.3. The van der Waals surface area contributed by atoms with E-state index >= 15 is 0 Å². The smallest absolute Gasteiger partial charge is 0.257 e. The minimum atomic E-state index is -0.116. The number of aryl methyl sites for hydroxylation is 2. The van der Waals surface area contributed by atoms with E-state index in [2.05, 4.69) is 12.2 Å². The molecule has 118 valence electrons. The van der Waals surface area contributed by atoms with Crippen LogP contribution in [0.3, 0.4) is 0 Å². The first-order valence-electron chi connectivity index (χ1n) is 7.64. The van der Waals surface area contributed by atoms with Crippen LogP contribution in [-0.4, -0.2) is 30.8 Å². The maximum absolute atomic E-state index is 11.8. The van der Waals surface area contributed by atoms with E-state index in [0.717, 1.165) is 36.1 Å². The molecule has 2 N–H and O–H groups in total. The summed E-state index contributed by atoms with van der Waals surface area (Å²) >= 11 is 0. The van der Waals surface area contributed by atoms with Crippen LogP contribution in [0, 0.1) is 19.8 Å². The molecule has 0 saturated carbocycles. The molecule has 1 amide bonds. The number of rotatable bonds is 9. The minimum Gasteiger partial charge on any atom is -0.483 e. The Bertz CT molecular complexity index is 440. The van der Waals surface area contributed by atoms with Crippen LogP contribution in [0.4, 0.5) is 0 Å². The molecule has 0 spiro atoms. The largest absolute Gasteiger partial charge is 0.483 e. The van der Waals surface area contributed by atoms with Gasteiger partial charge >= 0.3 is 0 Å². The molecule has 0 heterocycles. The zero-order chi connectivity index (χ0) is 15.7. The van der Waals surface area contributed by atoms with Crippen molar-refractivity contribution >= 4 is 5.91 Å². The van der Waals surface area contributed by atoms with E-state index in [-0.39, 0.29) is 19.1 Å². The van der Waals surface area contributed by atoms with Crippen molar-refractivity contribution in [3.05, 3.63) is 29.3 Å². The molecular formula is C17H27NO3. The van der Waals surface area contributed by atoms with E-state index in [1.54, 1.807) is 0 Å². The van der Waals surface area contributed by atoms with Crippen LogP contribution in [0.15, 0.2) is 18.2 Å². The Hall–Kier alpha value is -1.55. The summed E-state index contributed by atoms with van der Waals surface area (Å²) in [4.78, 5) is 11.8. The van der Waals surface area contributed by atoms with Gasteiger partial charge < -0.3 is 15.2 Å². The molecule has 1 aromatic rings. The quantitative estimate of drug-likeness (QED) is 0.736. The van der Waals surface area contributed by atoms with Crippen LogP contribution >= 0.6 is 0 Å². The summed E-state index contributed by atoms with van der Waals surface area (Å²) in [7, 11) is 0. The molecule has 1 unspecified atom stereocenters. The van der Waals surface area contributed by atoms with Gasteiger partial charge in [0, 0.05) is 13.2 Å². The van der Waals surface area contributed by atoms with Gasteiger partial charge in [0.15, 0.2) is 6.61 Å². The van der Waals surface area contributed by atoms with Gasteiger partial charge in [-0.15, -0.1) is 0 Å². The average molecular weight is 293 g/mol. The predicted molar refractivity (Wildman–Crippen MR) is 84.5 cm³/mol. The van der Waals surface area contributed by atoms with Crippen LogP contribution in [0.1, 0.15) is 37.3 Å². The topological polar surface area (TPSA) is 58.6 Å². The predicted octanol–water partition coefficient (Wildman–Crippen LogP) is 2.60. The second kappa shape index (κ2) is 9.40. The highest BCUT2D eigenvalue weighted by Crippen LogP contribution is 2.18. The summed E-state index contributed by atoms with van der Waals surface area (Å²) in [6.07, 6.45) is 2.80. The van der Waals surface area contributed by atoms with Crippen molar-refractivity contribution in [2.75, 3.05) is 19.8 Å². The van der Waals surface area contributed by atoms with Crippen LogP contribution < -0.4 is 10.1 Å². The molecule has 0 fully saturated rings. The monoisotopic (exact) mass is 293 g/mol. The molecule has 0 radical (unpaired) electrons. The first-order chi connectivity index (χ1) is 10.1. The fraction of sp³-hybridized carbons (Fsp3) is 0.588. The number of hydrogen-bond acceptors (Lipinski definition) is 3. The number of aliphatic hydroxyl groups excluding tert-OH is 1. The van der Waals surface area contributed by atoms with Crippen molar-refractivity contribution in [2.24, 2.45) is 5.92 Å².